The Labute approximate surface area is 107 Å². The molecule has 2 heteroatoms. The van der Waals surface area contributed by atoms with Crippen molar-refractivity contribution in [2.75, 3.05) is 6.61 Å². The highest BCUT2D eigenvalue weighted by Crippen LogP contribution is 2.26. The SMILES string of the molecule is CCC(CC)COc1c(C)cccc1CBr. The van der Waals surface area contributed by atoms with Crippen molar-refractivity contribution in [3.05, 3.63) is 29.3 Å². The first-order valence-electron chi connectivity index (χ1n) is 6.00. The minimum absolute atomic E-state index is 0.669. The van der Waals surface area contributed by atoms with Crippen LogP contribution in [0.1, 0.15) is 37.8 Å². The lowest BCUT2D eigenvalue weighted by Crippen LogP contribution is -2.11. The maximum absolute atomic E-state index is 5.97. The summed E-state index contributed by atoms with van der Waals surface area (Å²) in [6, 6.07) is 6.30. The molecular formula is C14H21BrO. The molecule has 0 radical (unpaired) electrons. The second kappa shape index (κ2) is 6.95. The summed E-state index contributed by atoms with van der Waals surface area (Å²) in [5, 5.41) is 0.854. The summed E-state index contributed by atoms with van der Waals surface area (Å²) in [6.45, 7) is 7.38. The van der Waals surface area contributed by atoms with E-state index in [1.165, 1.54) is 24.0 Å². The predicted molar refractivity (Wildman–Crippen MR) is 73.4 cm³/mol. The van der Waals surface area contributed by atoms with E-state index in [9.17, 15) is 0 Å². The minimum Gasteiger partial charge on any atom is -0.493 e. The van der Waals surface area contributed by atoms with Gasteiger partial charge in [-0.3, -0.25) is 0 Å². The van der Waals surface area contributed by atoms with Gasteiger partial charge in [-0.05, 0) is 18.4 Å². The summed E-state index contributed by atoms with van der Waals surface area (Å²) in [4.78, 5) is 0. The van der Waals surface area contributed by atoms with Crippen molar-refractivity contribution < 1.29 is 4.74 Å². The van der Waals surface area contributed by atoms with Crippen LogP contribution in [0.5, 0.6) is 5.75 Å². The molecule has 1 nitrogen and oxygen atoms in total. The molecule has 0 aromatic heterocycles. The molecule has 90 valence electrons. The van der Waals surface area contributed by atoms with Crippen LogP contribution in [0.15, 0.2) is 18.2 Å². The molecule has 0 saturated heterocycles. The standard InChI is InChI=1S/C14H21BrO/c1-4-12(5-2)10-16-14-11(3)7-6-8-13(14)9-15/h6-8,12H,4-5,9-10H2,1-3H3. The average Bonchev–Trinajstić information content (AvgIpc) is 2.31. The quantitative estimate of drug-likeness (QED) is 0.688. The molecule has 0 aliphatic rings. The van der Waals surface area contributed by atoms with E-state index in [1.54, 1.807) is 0 Å². The van der Waals surface area contributed by atoms with Gasteiger partial charge in [-0.25, -0.2) is 0 Å². The van der Waals surface area contributed by atoms with Gasteiger partial charge in [-0.1, -0.05) is 60.8 Å². The summed E-state index contributed by atoms with van der Waals surface area (Å²) in [6.07, 6.45) is 2.37. The highest BCUT2D eigenvalue weighted by atomic mass is 79.9. The van der Waals surface area contributed by atoms with E-state index in [2.05, 4.69) is 54.9 Å². The molecule has 0 heterocycles. The lowest BCUT2D eigenvalue weighted by molar-refractivity contribution is 0.238. The summed E-state index contributed by atoms with van der Waals surface area (Å²) in [7, 11) is 0. The molecule has 1 aromatic rings. The molecule has 0 spiro atoms. The van der Waals surface area contributed by atoms with Crippen molar-refractivity contribution in [1.82, 2.24) is 0 Å². The van der Waals surface area contributed by atoms with Gasteiger partial charge in [0, 0.05) is 10.9 Å². The molecule has 0 fully saturated rings. The maximum atomic E-state index is 5.97. The zero-order valence-corrected chi connectivity index (χ0v) is 12.0. The van der Waals surface area contributed by atoms with E-state index >= 15 is 0 Å². The Morgan fingerprint density at radius 2 is 1.94 bits per heavy atom. The largest absolute Gasteiger partial charge is 0.493 e. The zero-order chi connectivity index (χ0) is 12.0. The number of ether oxygens (including phenoxy) is 1. The third-order valence-corrected chi connectivity index (χ3v) is 3.66. The Balaban J connectivity index is 2.72. The summed E-state index contributed by atoms with van der Waals surface area (Å²) >= 11 is 3.50. The molecule has 1 rings (SSSR count). The first-order valence-corrected chi connectivity index (χ1v) is 7.12. The van der Waals surface area contributed by atoms with Crippen LogP contribution in [0.4, 0.5) is 0 Å². The first kappa shape index (κ1) is 13.6. The highest BCUT2D eigenvalue weighted by molar-refractivity contribution is 9.08. The van der Waals surface area contributed by atoms with E-state index in [0.717, 1.165) is 17.7 Å². The monoisotopic (exact) mass is 284 g/mol. The number of para-hydroxylation sites is 1. The number of hydrogen-bond acceptors (Lipinski definition) is 1. The smallest absolute Gasteiger partial charge is 0.126 e. The lowest BCUT2D eigenvalue weighted by Gasteiger charge is -2.17. The van der Waals surface area contributed by atoms with Gasteiger partial charge >= 0.3 is 0 Å². The first-order chi connectivity index (χ1) is 7.72. The van der Waals surface area contributed by atoms with Crippen molar-refractivity contribution in [3.8, 4) is 5.75 Å². The highest BCUT2D eigenvalue weighted by Gasteiger charge is 2.09. The molecule has 0 aliphatic heterocycles. The van der Waals surface area contributed by atoms with Crippen LogP contribution in [0, 0.1) is 12.8 Å². The number of benzene rings is 1. The van der Waals surface area contributed by atoms with Crippen LogP contribution >= 0.6 is 15.9 Å². The maximum Gasteiger partial charge on any atom is 0.126 e. The summed E-state index contributed by atoms with van der Waals surface area (Å²) < 4.78 is 5.97. The van der Waals surface area contributed by atoms with Crippen LogP contribution in [0.2, 0.25) is 0 Å². The minimum atomic E-state index is 0.669. The molecule has 0 N–H and O–H groups in total. The van der Waals surface area contributed by atoms with Gasteiger partial charge in [0.15, 0.2) is 0 Å². The zero-order valence-electron chi connectivity index (χ0n) is 10.4. The molecule has 1 aromatic carbocycles. The average molecular weight is 285 g/mol. The fourth-order valence-electron chi connectivity index (χ4n) is 1.75. The van der Waals surface area contributed by atoms with E-state index in [1.807, 2.05) is 0 Å². The Morgan fingerprint density at radius 1 is 1.25 bits per heavy atom. The van der Waals surface area contributed by atoms with Crippen LogP contribution in [0.3, 0.4) is 0 Å². The molecule has 0 atom stereocenters. The second-order valence-electron chi connectivity index (χ2n) is 4.19. The Hall–Kier alpha value is -0.500. The molecule has 0 saturated carbocycles. The normalized spacial score (nSPS) is 10.8. The number of hydrogen-bond donors (Lipinski definition) is 0. The third kappa shape index (κ3) is 3.51. The van der Waals surface area contributed by atoms with Crippen molar-refractivity contribution in [2.24, 2.45) is 5.92 Å². The Bertz CT molecular complexity index is 319. The van der Waals surface area contributed by atoms with Crippen molar-refractivity contribution in [2.45, 2.75) is 38.9 Å². The number of alkyl halides is 1. The molecule has 0 amide bonds. The lowest BCUT2D eigenvalue weighted by atomic mass is 10.1. The summed E-state index contributed by atoms with van der Waals surface area (Å²) in [5.74, 6) is 1.73. The fourth-order valence-corrected chi connectivity index (χ4v) is 2.19. The van der Waals surface area contributed by atoms with Crippen molar-refractivity contribution >= 4 is 15.9 Å². The number of halogens is 1. The molecule has 16 heavy (non-hydrogen) atoms. The fraction of sp³-hybridized carbons (Fsp3) is 0.571. The van der Waals surface area contributed by atoms with Gasteiger partial charge in [0.1, 0.15) is 5.75 Å². The summed E-state index contributed by atoms with van der Waals surface area (Å²) in [5.41, 5.74) is 2.47. The van der Waals surface area contributed by atoms with Crippen LogP contribution in [-0.2, 0) is 5.33 Å². The van der Waals surface area contributed by atoms with Crippen LogP contribution < -0.4 is 4.74 Å². The second-order valence-corrected chi connectivity index (χ2v) is 4.75. The van der Waals surface area contributed by atoms with E-state index in [-0.39, 0.29) is 0 Å². The molecule has 0 bridgehead atoms. The van der Waals surface area contributed by atoms with Crippen molar-refractivity contribution in [3.63, 3.8) is 0 Å². The van der Waals surface area contributed by atoms with E-state index < -0.39 is 0 Å². The third-order valence-electron chi connectivity index (χ3n) is 3.06. The van der Waals surface area contributed by atoms with E-state index in [0.29, 0.717) is 5.92 Å². The predicted octanol–water partition coefficient (Wildman–Crippen LogP) is 4.70. The van der Waals surface area contributed by atoms with Crippen molar-refractivity contribution in [1.29, 1.82) is 0 Å². The van der Waals surface area contributed by atoms with E-state index in [4.69, 9.17) is 4.74 Å². The Morgan fingerprint density at radius 3 is 2.50 bits per heavy atom. The van der Waals surface area contributed by atoms with Crippen LogP contribution in [-0.4, -0.2) is 6.61 Å². The van der Waals surface area contributed by atoms with Gasteiger partial charge < -0.3 is 4.74 Å². The number of rotatable bonds is 6. The van der Waals surface area contributed by atoms with Gasteiger partial charge in [0.25, 0.3) is 0 Å². The van der Waals surface area contributed by atoms with Gasteiger partial charge in [-0.2, -0.15) is 0 Å². The topological polar surface area (TPSA) is 9.23 Å². The molecule has 0 aliphatic carbocycles. The Kier molecular flexibility index (Phi) is 5.89. The molecular weight excluding hydrogens is 264 g/mol. The number of aryl methyl sites for hydroxylation is 1. The molecule has 0 unspecified atom stereocenters. The van der Waals surface area contributed by atoms with Gasteiger partial charge in [0.05, 0.1) is 6.61 Å². The van der Waals surface area contributed by atoms with Crippen LogP contribution in [0.25, 0.3) is 0 Å². The van der Waals surface area contributed by atoms with Gasteiger partial charge in [-0.15, -0.1) is 0 Å². The van der Waals surface area contributed by atoms with Gasteiger partial charge in [0.2, 0.25) is 0 Å².